The summed E-state index contributed by atoms with van der Waals surface area (Å²) in [5, 5.41) is 13.4. The van der Waals surface area contributed by atoms with Gasteiger partial charge in [-0.2, -0.15) is 13.2 Å². The molecule has 0 aromatic heterocycles. The molecule has 0 atom stereocenters. The lowest BCUT2D eigenvalue weighted by Crippen LogP contribution is -2.32. The molecule has 0 saturated heterocycles. The van der Waals surface area contributed by atoms with Crippen molar-refractivity contribution in [1.82, 2.24) is 5.32 Å². The number of hydrogen-bond donors (Lipinski definition) is 3. The minimum absolute atomic E-state index is 0.0821. The molecule has 3 N–H and O–H groups in total. The molecule has 1 aromatic carbocycles. The standard InChI is InChI=1S/C12H13F3N2O4/c13-12(14,15)7-21-6-5-16-11(20)17-9-4-2-1-3-8(9)10(18)19/h1-4H,5-7H2,(H,18,19)(H2,16,17,20). The van der Waals surface area contributed by atoms with E-state index < -0.39 is 24.8 Å². The molecule has 116 valence electrons. The highest BCUT2D eigenvalue weighted by Crippen LogP contribution is 2.15. The van der Waals surface area contributed by atoms with Crippen LogP contribution < -0.4 is 10.6 Å². The number of carboxylic acid groups (broad SMARTS) is 1. The Labute approximate surface area is 117 Å². The summed E-state index contributed by atoms with van der Waals surface area (Å²) in [6.45, 7) is -1.84. The van der Waals surface area contributed by atoms with Crippen LogP contribution in [0.1, 0.15) is 10.4 Å². The van der Waals surface area contributed by atoms with Crippen molar-refractivity contribution in [3.8, 4) is 0 Å². The van der Waals surface area contributed by atoms with Gasteiger partial charge in [-0.05, 0) is 12.1 Å². The van der Waals surface area contributed by atoms with Gasteiger partial charge in [0.05, 0.1) is 17.9 Å². The van der Waals surface area contributed by atoms with Gasteiger partial charge in [0.2, 0.25) is 0 Å². The largest absolute Gasteiger partial charge is 0.478 e. The Kier molecular flexibility index (Phi) is 5.97. The van der Waals surface area contributed by atoms with Crippen molar-refractivity contribution >= 4 is 17.7 Å². The zero-order valence-electron chi connectivity index (χ0n) is 10.7. The van der Waals surface area contributed by atoms with Crippen LogP contribution in [0.4, 0.5) is 23.7 Å². The van der Waals surface area contributed by atoms with Crippen LogP contribution in [0, 0.1) is 0 Å². The number of aromatic carboxylic acids is 1. The highest BCUT2D eigenvalue weighted by Gasteiger charge is 2.27. The number of nitrogens with one attached hydrogen (secondary N) is 2. The molecular weight excluding hydrogens is 293 g/mol. The van der Waals surface area contributed by atoms with Gasteiger partial charge in [0.15, 0.2) is 0 Å². The van der Waals surface area contributed by atoms with Crippen LogP contribution >= 0.6 is 0 Å². The summed E-state index contributed by atoms with van der Waals surface area (Å²) in [5.74, 6) is -1.21. The van der Waals surface area contributed by atoms with Crippen molar-refractivity contribution in [1.29, 1.82) is 0 Å². The molecule has 0 spiro atoms. The molecule has 21 heavy (non-hydrogen) atoms. The van der Waals surface area contributed by atoms with Gasteiger partial charge >= 0.3 is 18.2 Å². The summed E-state index contributed by atoms with van der Waals surface area (Å²) in [7, 11) is 0. The van der Waals surface area contributed by atoms with Crippen LogP contribution in [-0.4, -0.2) is 43.0 Å². The Bertz CT molecular complexity index is 506. The number of carbonyl (C=O) groups excluding carboxylic acids is 1. The number of alkyl halides is 3. The molecule has 0 bridgehead atoms. The first-order valence-electron chi connectivity index (χ1n) is 5.81. The Hall–Kier alpha value is -2.29. The van der Waals surface area contributed by atoms with Crippen molar-refractivity contribution in [2.75, 3.05) is 25.1 Å². The first-order valence-corrected chi connectivity index (χ1v) is 5.81. The molecule has 0 heterocycles. The van der Waals surface area contributed by atoms with Crippen LogP contribution in [0.5, 0.6) is 0 Å². The fourth-order valence-corrected chi connectivity index (χ4v) is 1.37. The molecule has 0 aliphatic carbocycles. The number of carboxylic acids is 1. The molecule has 1 rings (SSSR count). The molecule has 2 amide bonds. The maximum Gasteiger partial charge on any atom is 0.411 e. The van der Waals surface area contributed by atoms with Crippen LogP contribution in [0.3, 0.4) is 0 Å². The van der Waals surface area contributed by atoms with Crippen molar-refractivity contribution in [3.05, 3.63) is 29.8 Å². The quantitative estimate of drug-likeness (QED) is 0.702. The van der Waals surface area contributed by atoms with E-state index in [0.29, 0.717) is 0 Å². The lowest BCUT2D eigenvalue weighted by atomic mass is 10.2. The van der Waals surface area contributed by atoms with Gasteiger partial charge in [0, 0.05) is 6.54 Å². The van der Waals surface area contributed by atoms with E-state index in [9.17, 15) is 22.8 Å². The summed E-state index contributed by atoms with van der Waals surface area (Å²) >= 11 is 0. The first-order chi connectivity index (χ1) is 9.79. The zero-order valence-corrected chi connectivity index (χ0v) is 10.7. The third-order valence-corrected chi connectivity index (χ3v) is 2.20. The highest BCUT2D eigenvalue weighted by atomic mass is 19.4. The van der Waals surface area contributed by atoms with E-state index in [4.69, 9.17) is 5.11 Å². The van der Waals surface area contributed by atoms with Crippen LogP contribution in [-0.2, 0) is 4.74 Å². The minimum Gasteiger partial charge on any atom is -0.478 e. The summed E-state index contributed by atoms with van der Waals surface area (Å²) in [4.78, 5) is 22.4. The van der Waals surface area contributed by atoms with Crippen LogP contribution in [0.15, 0.2) is 24.3 Å². The lowest BCUT2D eigenvalue weighted by Gasteiger charge is -2.10. The van der Waals surface area contributed by atoms with E-state index in [1.165, 1.54) is 24.3 Å². The molecule has 9 heteroatoms. The number of rotatable bonds is 6. The Morgan fingerprint density at radius 2 is 1.90 bits per heavy atom. The second-order valence-electron chi connectivity index (χ2n) is 3.90. The topological polar surface area (TPSA) is 87.7 Å². The average molecular weight is 306 g/mol. The number of hydrogen-bond acceptors (Lipinski definition) is 3. The molecule has 0 saturated carbocycles. The Morgan fingerprint density at radius 3 is 2.52 bits per heavy atom. The van der Waals surface area contributed by atoms with Crippen molar-refractivity contribution < 1.29 is 32.6 Å². The normalized spacial score (nSPS) is 11.0. The van der Waals surface area contributed by atoms with Crippen LogP contribution in [0.2, 0.25) is 0 Å². The third-order valence-electron chi connectivity index (χ3n) is 2.20. The zero-order chi connectivity index (χ0) is 15.9. The first kappa shape index (κ1) is 16.8. The monoisotopic (exact) mass is 306 g/mol. The lowest BCUT2D eigenvalue weighted by molar-refractivity contribution is -0.173. The minimum atomic E-state index is -4.41. The Balaban J connectivity index is 2.36. The van der Waals surface area contributed by atoms with Crippen molar-refractivity contribution in [2.45, 2.75) is 6.18 Å². The number of anilines is 1. The smallest absolute Gasteiger partial charge is 0.411 e. The summed E-state index contributed by atoms with van der Waals surface area (Å²) in [6, 6.07) is 5.00. The van der Waals surface area contributed by atoms with Crippen LogP contribution in [0.25, 0.3) is 0 Å². The summed E-state index contributed by atoms with van der Waals surface area (Å²) < 4.78 is 39.6. The number of carbonyl (C=O) groups is 2. The van der Waals surface area contributed by atoms with Gasteiger partial charge in [0.25, 0.3) is 0 Å². The summed E-state index contributed by atoms with van der Waals surface area (Å²) in [5.41, 5.74) is -0.0142. The van der Waals surface area contributed by atoms with E-state index in [1.54, 1.807) is 0 Å². The van der Waals surface area contributed by atoms with E-state index in [1.807, 2.05) is 0 Å². The molecule has 0 unspecified atom stereocenters. The number of benzene rings is 1. The van der Waals surface area contributed by atoms with Gasteiger partial charge in [-0.25, -0.2) is 9.59 Å². The van der Waals surface area contributed by atoms with Gasteiger partial charge < -0.3 is 20.5 Å². The number of ether oxygens (including phenoxy) is 1. The molecule has 0 aliphatic rings. The SMILES string of the molecule is O=C(NCCOCC(F)(F)F)Nc1ccccc1C(=O)O. The second kappa shape index (κ2) is 7.48. The predicted molar refractivity (Wildman–Crippen MR) is 67.3 cm³/mol. The highest BCUT2D eigenvalue weighted by molar-refractivity contribution is 5.99. The van der Waals surface area contributed by atoms with Crippen molar-refractivity contribution in [2.24, 2.45) is 0 Å². The van der Waals surface area contributed by atoms with Gasteiger partial charge in [-0.15, -0.1) is 0 Å². The van der Waals surface area contributed by atoms with Gasteiger partial charge in [-0.1, -0.05) is 12.1 Å². The fourth-order valence-electron chi connectivity index (χ4n) is 1.37. The summed E-state index contributed by atoms with van der Waals surface area (Å²) in [6.07, 6.45) is -4.41. The molecule has 0 fully saturated rings. The molecule has 0 aliphatic heterocycles. The van der Waals surface area contributed by atoms with Gasteiger partial charge in [0.1, 0.15) is 6.61 Å². The molecule has 1 aromatic rings. The van der Waals surface area contributed by atoms with Gasteiger partial charge in [-0.3, -0.25) is 0 Å². The number of amides is 2. The second-order valence-corrected chi connectivity index (χ2v) is 3.90. The van der Waals surface area contributed by atoms with E-state index >= 15 is 0 Å². The molecule has 6 nitrogen and oxygen atoms in total. The average Bonchev–Trinajstić information content (AvgIpc) is 2.37. The Morgan fingerprint density at radius 1 is 1.24 bits per heavy atom. The number of urea groups is 1. The molecular formula is C12H13F3N2O4. The maximum absolute atomic E-state index is 11.8. The third kappa shape index (κ3) is 6.61. The number of para-hydroxylation sites is 1. The van der Waals surface area contributed by atoms with E-state index in [-0.39, 0.29) is 24.4 Å². The van der Waals surface area contributed by atoms with Crippen molar-refractivity contribution in [3.63, 3.8) is 0 Å². The van der Waals surface area contributed by atoms with E-state index in [0.717, 1.165) is 0 Å². The predicted octanol–water partition coefficient (Wildman–Crippen LogP) is 2.09. The molecule has 0 radical (unpaired) electrons. The fraction of sp³-hybridized carbons (Fsp3) is 0.333. The maximum atomic E-state index is 11.8. The number of halogens is 3. The van der Waals surface area contributed by atoms with E-state index in [2.05, 4.69) is 15.4 Å².